The van der Waals surface area contributed by atoms with E-state index in [4.69, 9.17) is 9.84 Å². The van der Waals surface area contributed by atoms with Crippen molar-refractivity contribution in [3.8, 4) is 0 Å². The molecule has 0 aromatic heterocycles. The first-order valence-corrected chi connectivity index (χ1v) is 5.20. The minimum Gasteiger partial charge on any atom is -0.481 e. The smallest absolute Gasteiger partial charge is 0.307 e. The van der Waals surface area contributed by atoms with Gasteiger partial charge in [-0.15, -0.1) is 6.58 Å². The fourth-order valence-corrected chi connectivity index (χ4v) is 1.28. The highest BCUT2D eigenvalue weighted by molar-refractivity contribution is 5.70. The highest BCUT2D eigenvalue weighted by atomic mass is 16.5. The lowest BCUT2D eigenvalue weighted by atomic mass is 10.1. The van der Waals surface area contributed by atoms with Gasteiger partial charge < -0.3 is 9.84 Å². The van der Waals surface area contributed by atoms with Crippen molar-refractivity contribution < 1.29 is 14.6 Å². The molecule has 86 valence electrons. The first-order chi connectivity index (χ1) is 7.72. The van der Waals surface area contributed by atoms with E-state index in [1.54, 1.807) is 0 Å². The Bertz CT molecular complexity index is 341. The quantitative estimate of drug-likeness (QED) is 0.567. The Morgan fingerprint density at radius 3 is 2.50 bits per heavy atom. The molecule has 1 aromatic carbocycles. The molecule has 1 rings (SSSR count). The molecule has 0 aliphatic carbocycles. The van der Waals surface area contributed by atoms with Gasteiger partial charge in [0, 0.05) is 0 Å². The third-order valence-corrected chi connectivity index (χ3v) is 2.11. The Kier molecular flexibility index (Phi) is 5.29. The van der Waals surface area contributed by atoms with Crippen LogP contribution in [0.2, 0.25) is 0 Å². The van der Waals surface area contributed by atoms with E-state index in [0.717, 1.165) is 17.5 Å². The summed E-state index contributed by atoms with van der Waals surface area (Å²) in [5.41, 5.74) is 1.86. The second kappa shape index (κ2) is 6.80. The van der Waals surface area contributed by atoms with Crippen molar-refractivity contribution in [2.75, 3.05) is 6.61 Å². The van der Waals surface area contributed by atoms with Gasteiger partial charge in [0.05, 0.1) is 19.6 Å². The van der Waals surface area contributed by atoms with Crippen LogP contribution in [0.4, 0.5) is 0 Å². The zero-order chi connectivity index (χ0) is 11.8. The van der Waals surface area contributed by atoms with Crippen molar-refractivity contribution >= 4 is 5.97 Å². The summed E-state index contributed by atoms with van der Waals surface area (Å²) in [5, 5.41) is 8.60. The number of benzene rings is 1. The van der Waals surface area contributed by atoms with Crippen LogP contribution in [0.1, 0.15) is 17.5 Å². The first-order valence-electron chi connectivity index (χ1n) is 5.20. The first kappa shape index (κ1) is 12.5. The molecule has 0 aliphatic rings. The highest BCUT2D eigenvalue weighted by Crippen LogP contribution is 2.06. The highest BCUT2D eigenvalue weighted by Gasteiger charge is 2.00. The molecule has 0 saturated heterocycles. The van der Waals surface area contributed by atoms with Crippen molar-refractivity contribution in [1.29, 1.82) is 0 Å². The molecule has 0 bridgehead atoms. The van der Waals surface area contributed by atoms with E-state index in [-0.39, 0.29) is 6.42 Å². The van der Waals surface area contributed by atoms with E-state index >= 15 is 0 Å². The molecule has 0 fully saturated rings. The number of hydrogen-bond donors (Lipinski definition) is 1. The monoisotopic (exact) mass is 220 g/mol. The van der Waals surface area contributed by atoms with Gasteiger partial charge in [-0.2, -0.15) is 0 Å². The Balaban J connectivity index is 2.38. The maximum absolute atomic E-state index is 10.5. The van der Waals surface area contributed by atoms with E-state index in [9.17, 15) is 4.79 Å². The van der Waals surface area contributed by atoms with E-state index in [0.29, 0.717) is 13.2 Å². The molecule has 16 heavy (non-hydrogen) atoms. The van der Waals surface area contributed by atoms with Crippen LogP contribution in [-0.2, 0) is 22.6 Å². The summed E-state index contributed by atoms with van der Waals surface area (Å²) in [6.45, 7) is 4.83. The summed E-state index contributed by atoms with van der Waals surface area (Å²) < 4.78 is 5.39. The number of ether oxygens (including phenoxy) is 1. The molecule has 0 saturated carbocycles. The van der Waals surface area contributed by atoms with E-state index in [1.165, 1.54) is 0 Å². The van der Waals surface area contributed by atoms with Gasteiger partial charge in [0.1, 0.15) is 0 Å². The summed E-state index contributed by atoms with van der Waals surface area (Å²) in [7, 11) is 0. The van der Waals surface area contributed by atoms with Gasteiger partial charge >= 0.3 is 5.97 Å². The van der Waals surface area contributed by atoms with Crippen LogP contribution in [0.5, 0.6) is 0 Å². The molecular weight excluding hydrogens is 204 g/mol. The van der Waals surface area contributed by atoms with Gasteiger partial charge in [-0.05, 0) is 17.5 Å². The molecule has 0 heterocycles. The molecule has 0 aliphatic heterocycles. The van der Waals surface area contributed by atoms with Crippen molar-refractivity contribution in [2.45, 2.75) is 19.4 Å². The number of carboxylic acid groups (broad SMARTS) is 1. The maximum Gasteiger partial charge on any atom is 0.307 e. The van der Waals surface area contributed by atoms with E-state index in [2.05, 4.69) is 6.58 Å². The molecule has 0 unspecified atom stereocenters. The van der Waals surface area contributed by atoms with Gasteiger partial charge in [0.2, 0.25) is 0 Å². The number of carboxylic acids is 1. The number of rotatable bonds is 7. The van der Waals surface area contributed by atoms with E-state index < -0.39 is 5.97 Å². The number of carbonyl (C=O) groups is 1. The molecule has 0 atom stereocenters. The molecule has 0 amide bonds. The average molecular weight is 220 g/mol. The summed E-state index contributed by atoms with van der Waals surface area (Å²) in [5.74, 6) is -0.810. The zero-order valence-corrected chi connectivity index (χ0v) is 9.19. The fourth-order valence-electron chi connectivity index (χ4n) is 1.28. The Morgan fingerprint density at radius 1 is 1.31 bits per heavy atom. The van der Waals surface area contributed by atoms with Gasteiger partial charge in [-0.25, -0.2) is 0 Å². The summed E-state index contributed by atoms with van der Waals surface area (Å²) >= 11 is 0. The minimum absolute atomic E-state index is 0.0671. The van der Waals surface area contributed by atoms with Crippen LogP contribution in [-0.4, -0.2) is 17.7 Å². The van der Waals surface area contributed by atoms with Crippen LogP contribution >= 0.6 is 0 Å². The van der Waals surface area contributed by atoms with Gasteiger partial charge in [-0.3, -0.25) is 4.79 Å². The molecule has 0 radical (unpaired) electrons. The number of hydrogen-bond acceptors (Lipinski definition) is 2. The topological polar surface area (TPSA) is 46.5 Å². The predicted octanol–water partition coefficient (Wildman–Crippen LogP) is 2.41. The fraction of sp³-hybridized carbons (Fsp3) is 0.308. The van der Waals surface area contributed by atoms with Crippen LogP contribution in [0.25, 0.3) is 0 Å². The molecule has 1 N–H and O–H groups in total. The van der Waals surface area contributed by atoms with Crippen LogP contribution in [0.15, 0.2) is 36.9 Å². The SMILES string of the molecule is C=CCCOCc1ccc(CC(=O)O)cc1. The summed E-state index contributed by atoms with van der Waals surface area (Å²) in [4.78, 5) is 10.5. The molecule has 3 nitrogen and oxygen atoms in total. The van der Waals surface area contributed by atoms with Crippen molar-refractivity contribution in [1.82, 2.24) is 0 Å². The third kappa shape index (κ3) is 4.75. The number of aliphatic carboxylic acids is 1. The zero-order valence-electron chi connectivity index (χ0n) is 9.19. The lowest BCUT2D eigenvalue weighted by Gasteiger charge is -2.03. The molecule has 3 heteroatoms. The average Bonchev–Trinajstić information content (AvgIpc) is 2.26. The van der Waals surface area contributed by atoms with Gasteiger partial charge in [0.15, 0.2) is 0 Å². The van der Waals surface area contributed by atoms with Gasteiger partial charge in [-0.1, -0.05) is 30.3 Å². The lowest BCUT2D eigenvalue weighted by Crippen LogP contribution is -2.00. The largest absolute Gasteiger partial charge is 0.481 e. The van der Waals surface area contributed by atoms with Crippen molar-refractivity contribution in [3.63, 3.8) is 0 Å². The molecule has 1 aromatic rings. The predicted molar refractivity (Wildman–Crippen MR) is 62.3 cm³/mol. The summed E-state index contributed by atoms with van der Waals surface area (Å²) in [6.07, 6.45) is 2.73. The molecule has 0 spiro atoms. The standard InChI is InChI=1S/C13H16O3/c1-2-3-8-16-10-12-6-4-11(5-7-12)9-13(14)15/h2,4-7H,1,3,8-10H2,(H,14,15). The normalized spacial score (nSPS) is 10.0. The van der Waals surface area contributed by atoms with Crippen LogP contribution < -0.4 is 0 Å². The minimum atomic E-state index is -0.810. The Hall–Kier alpha value is -1.61. The van der Waals surface area contributed by atoms with Crippen molar-refractivity contribution in [2.24, 2.45) is 0 Å². The second-order valence-corrected chi connectivity index (χ2v) is 3.52. The maximum atomic E-state index is 10.5. The molecular formula is C13H16O3. The van der Waals surface area contributed by atoms with Gasteiger partial charge in [0.25, 0.3) is 0 Å². The van der Waals surface area contributed by atoms with E-state index in [1.807, 2.05) is 30.3 Å². The second-order valence-electron chi connectivity index (χ2n) is 3.52. The summed E-state index contributed by atoms with van der Waals surface area (Å²) in [6, 6.07) is 7.43. The van der Waals surface area contributed by atoms with Crippen LogP contribution in [0, 0.1) is 0 Å². The van der Waals surface area contributed by atoms with Crippen LogP contribution in [0.3, 0.4) is 0 Å². The Morgan fingerprint density at radius 2 is 1.94 bits per heavy atom. The lowest BCUT2D eigenvalue weighted by molar-refractivity contribution is -0.136. The Labute approximate surface area is 95.4 Å². The third-order valence-electron chi connectivity index (χ3n) is 2.11. The van der Waals surface area contributed by atoms with Crippen molar-refractivity contribution in [3.05, 3.63) is 48.0 Å².